The van der Waals surface area contributed by atoms with E-state index in [1.165, 1.54) is 11.1 Å². The van der Waals surface area contributed by atoms with Gasteiger partial charge in [0.25, 0.3) is 5.91 Å². The Bertz CT molecular complexity index is 850. The second-order valence-electron chi connectivity index (χ2n) is 7.39. The summed E-state index contributed by atoms with van der Waals surface area (Å²) < 4.78 is 13.5. The van der Waals surface area contributed by atoms with Gasteiger partial charge in [-0.2, -0.15) is 5.10 Å². The molecule has 0 saturated carbocycles. The maximum atomic E-state index is 13.0. The first-order valence-electron chi connectivity index (χ1n) is 9.71. The van der Waals surface area contributed by atoms with Crippen LogP contribution in [0.4, 0.5) is 0 Å². The van der Waals surface area contributed by atoms with Crippen molar-refractivity contribution in [3.05, 3.63) is 46.8 Å². The molecule has 2 aromatic rings. The number of rotatable bonds is 3. The monoisotopic (exact) mass is 369 g/mol. The minimum absolute atomic E-state index is 0.0677. The number of methoxy groups -OCH3 is 1. The Morgan fingerprint density at radius 3 is 2.78 bits per heavy atom. The minimum Gasteiger partial charge on any atom is -0.497 e. The Labute approximate surface area is 160 Å². The zero-order valence-electron chi connectivity index (χ0n) is 16.3. The Balaban J connectivity index is 1.53. The molecule has 2 aliphatic rings. The van der Waals surface area contributed by atoms with Crippen LogP contribution in [0.3, 0.4) is 0 Å². The first-order chi connectivity index (χ1) is 13.1. The minimum atomic E-state index is -0.280. The molecule has 27 heavy (non-hydrogen) atoms. The Hall–Kier alpha value is -2.34. The zero-order valence-corrected chi connectivity index (χ0v) is 16.3. The van der Waals surface area contributed by atoms with E-state index in [1.807, 2.05) is 30.9 Å². The van der Waals surface area contributed by atoms with E-state index in [2.05, 4.69) is 17.2 Å². The second-order valence-corrected chi connectivity index (χ2v) is 7.39. The summed E-state index contributed by atoms with van der Waals surface area (Å²) in [6.45, 7) is 6.74. The zero-order chi connectivity index (χ0) is 19.0. The standard InChI is InChI=1S/C21H27N3O3/c1-4-24-19(13-15(2)22-24)20(25)23-10-8-21(9-11-23)18-6-5-17(26-3)14-16(18)7-12-27-21/h5-6,13-14H,4,7-12H2,1-3H3. The molecule has 1 fully saturated rings. The molecule has 0 radical (unpaired) electrons. The molecule has 0 atom stereocenters. The summed E-state index contributed by atoms with van der Waals surface area (Å²) in [5.41, 5.74) is 3.85. The molecule has 144 valence electrons. The SMILES string of the molecule is CCn1nc(C)cc1C(=O)N1CCC2(CC1)OCCc1cc(OC)ccc12. The number of aryl methyl sites for hydroxylation is 2. The molecule has 1 spiro atoms. The van der Waals surface area contributed by atoms with Gasteiger partial charge >= 0.3 is 0 Å². The van der Waals surface area contributed by atoms with Crippen molar-refractivity contribution in [1.82, 2.24) is 14.7 Å². The number of carbonyl (C=O) groups is 1. The van der Waals surface area contributed by atoms with Crippen LogP contribution in [0.15, 0.2) is 24.3 Å². The van der Waals surface area contributed by atoms with Crippen molar-refractivity contribution in [3.63, 3.8) is 0 Å². The van der Waals surface area contributed by atoms with Gasteiger partial charge in [-0.15, -0.1) is 0 Å². The highest BCUT2D eigenvalue weighted by Crippen LogP contribution is 2.42. The average Bonchev–Trinajstić information content (AvgIpc) is 3.09. The fourth-order valence-electron chi connectivity index (χ4n) is 4.39. The topological polar surface area (TPSA) is 56.6 Å². The van der Waals surface area contributed by atoms with E-state index in [0.29, 0.717) is 25.3 Å². The third-order valence-electron chi connectivity index (χ3n) is 5.83. The number of amides is 1. The van der Waals surface area contributed by atoms with Gasteiger partial charge in [0.1, 0.15) is 11.4 Å². The molecule has 0 aliphatic carbocycles. The van der Waals surface area contributed by atoms with Crippen molar-refractivity contribution in [3.8, 4) is 5.75 Å². The van der Waals surface area contributed by atoms with Gasteiger partial charge in [-0.3, -0.25) is 9.48 Å². The molecular formula is C21H27N3O3. The van der Waals surface area contributed by atoms with Crippen LogP contribution in [0.5, 0.6) is 5.75 Å². The highest BCUT2D eigenvalue weighted by molar-refractivity contribution is 5.92. The van der Waals surface area contributed by atoms with Crippen molar-refractivity contribution in [2.24, 2.45) is 0 Å². The molecule has 0 N–H and O–H groups in total. The largest absolute Gasteiger partial charge is 0.497 e. The quantitative estimate of drug-likeness (QED) is 0.835. The highest BCUT2D eigenvalue weighted by atomic mass is 16.5. The first kappa shape index (κ1) is 18.0. The lowest BCUT2D eigenvalue weighted by Crippen LogP contribution is -2.48. The molecular weight excluding hydrogens is 342 g/mol. The normalized spacial score (nSPS) is 18.4. The van der Waals surface area contributed by atoms with Gasteiger partial charge in [-0.25, -0.2) is 0 Å². The molecule has 0 bridgehead atoms. The highest BCUT2D eigenvalue weighted by Gasteiger charge is 2.42. The summed E-state index contributed by atoms with van der Waals surface area (Å²) in [4.78, 5) is 14.9. The number of fused-ring (bicyclic) bond motifs is 2. The molecule has 2 aliphatic heterocycles. The molecule has 4 rings (SSSR count). The van der Waals surface area contributed by atoms with Gasteiger partial charge in [-0.05, 0) is 62.4 Å². The lowest BCUT2D eigenvalue weighted by molar-refractivity contribution is -0.0936. The van der Waals surface area contributed by atoms with Crippen LogP contribution in [-0.4, -0.2) is 47.4 Å². The summed E-state index contributed by atoms with van der Waals surface area (Å²) >= 11 is 0. The van der Waals surface area contributed by atoms with Gasteiger partial charge in [-0.1, -0.05) is 6.07 Å². The third-order valence-corrected chi connectivity index (χ3v) is 5.83. The van der Waals surface area contributed by atoms with Crippen LogP contribution < -0.4 is 4.74 Å². The number of ether oxygens (including phenoxy) is 2. The smallest absolute Gasteiger partial charge is 0.272 e. The Morgan fingerprint density at radius 1 is 1.30 bits per heavy atom. The predicted octanol–water partition coefficient (Wildman–Crippen LogP) is 2.92. The van der Waals surface area contributed by atoms with E-state index in [4.69, 9.17) is 9.47 Å². The fraction of sp³-hybridized carbons (Fsp3) is 0.524. The van der Waals surface area contributed by atoms with Crippen LogP contribution in [0, 0.1) is 6.92 Å². The van der Waals surface area contributed by atoms with E-state index >= 15 is 0 Å². The van der Waals surface area contributed by atoms with Crippen LogP contribution >= 0.6 is 0 Å². The summed E-state index contributed by atoms with van der Waals surface area (Å²) in [6, 6.07) is 8.16. The number of likely N-dealkylation sites (tertiary alicyclic amines) is 1. The number of hydrogen-bond donors (Lipinski definition) is 0. The van der Waals surface area contributed by atoms with Gasteiger partial charge in [0.15, 0.2) is 0 Å². The van der Waals surface area contributed by atoms with Crippen molar-refractivity contribution in [1.29, 1.82) is 0 Å². The number of hydrogen-bond acceptors (Lipinski definition) is 4. The van der Waals surface area contributed by atoms with E-state index in [1.54, 1.807) is 11.8 Å². The van der Waals surface area contributed by atoms with Crippen molar-refractivity contribution in [2.75, 3.05) is 26.8 Å². The summed E-state index contributed by atoms with van der Waals surface area (Å²) in [5, 5.41) is 4.41. The third kappa shape index (κ3) is 3.12. The maximum absolute atomic E-state index is 13.0. The fourth-order valence-corrected chi connectivity index (χ4v) is 4.39. The number of benzene rings is 1. The van der Waals surface area contributed by atoms with Crippen LogP contribution in [-0.2, 0) is 23.3 Å². The number of nitrogens with zero attached hydrogens (tertiary/aromatic N) is 3. The second kappa shape index (κ2) is 7.00. The number of piperidine rings is 1. The van der Waals surface area contributed by atoms with Crippen LogP contribution in [0.1, 0.15) is 47.1 Å². The van der Waals surface area contributed by atoms with E-state index in [-0.39, 0.29) is 11.5 Å². The molecule has 1 amide bonds. The first-order valence-corrected chi connectivity index (χ1v) is 9.71. The van der Waals surface area contributed by atoms with E-state index in [9.17, 15) is 4.79 Å². The van der Waals surface area contributed by atoms with Crippen LogP contribution in [0.2, 0.25) is 0 Å². The maximum Gasteiger partial charge on any atom is 0.272 e. The van der Waals surface area contributed by atoms with Gasteiger partial charge < -0.3 is 14.4 Å². The predicted molar refractivity (Wildman–Crippen MR) is 102 cm³/mol. The summed E-state index contributed by atoms with van der Waals surface area (Å²) in [5.74, 6) is 0.958. The molecule has 0 unspecified atom stereocenters. The van der Waals surface area contributed by atoms with Crippen molar-refractivity contribution >= 4 is 5.91 Å². The molecule has 3 heterocycles. The molecule has 6 nitrogen and oxygen atoms in total. The van der Waals surface area contributed by atoms with Gasteiger partial charge in [0, 0.05) is 19.6 Å². The average molecular weight is 369 g/mol. The molecule has 1 aromatic heterocycles. The van der Waals surface area contributed by atoms with Crippen molar-refractivity contribution < 1.29 is 14.3 Å². The summed E-state index contributed by atoms with van der Waals surface area (Å²) in [6.07, 6.45) is 2.54. The lowest BCUT2D eigenvalue weighted by atomic mass is 9.79. The Morgan fingerprint density at radius 2 is 2.07 bits per heavy atom. The number of aromatic nitrogens is 2. The van der Waals surface area contributed by atoms with Crippen LogP contribution in [0.25, 0.3) is 0 Å². The number of carbonyl (C=O) groups excluding carboxylic acids is 1. The van der Waals surface area contributed by atoms with E-state index in [0.717, 1.165) is 37.3 Å². The van der Waals surface area contributed by atoms with E-state index < -0.39 is 0 Å². The molecule has 1 saturated heterocycles. The molecule has 1 aromatic carbocycles. The lowest BCUT2D eigenvalue weighted by Gasteiger charge is -2.45. The van der Waals surface area contributed by atoms with Gasteiger partial charge in [0.05, 0.1) is 25.0 Å². The van der Waals surface area contributed by atoms with Crippen molar-refractivity contribution in [2.45, 2.75) is 45.3 Å². The Kier molecular flexibility index (Phi) is 4.68. The molecule has 6 heteroatoms. The summed E-state index contributed by atoms with van der Waals surface area (Å²) in [7, 11) is 1.70. The van der Waals surface area contributed by atoms with Gasteiger partial charge in [0.2, 0.25) is 0 Å².